The maximum Gasteiger partial charge on any atom is 0.211 e. The second kappa shape index (κ2) is 7.66. The van der Waals surface area contributed by atoms with E-state index in [0.29, 0.717) is 24.9 Å². The first-order valence-corrected chi connectivity index (χ1v) is 12.8. The van der Waals surface area contributed by atoms with Gasteiger partial charge in [0.25, 0.3) is 0 Å². The lowest BCUT2D eigenvalue weighted by Crippen LogP contribution is -2.42. The highest BCUT2D eigenvalue weighted by Crippen LogP contribution is 2.48. The Labute approximate surface area is 178 Å². The van der Waals surface area contributed by atoms with Crippen molar-refractivity contribution in [1.29, 1.82) is 0 Å². The highest BCUT2D eigenvalue weighted by atomic mass is 32.2. The quantitative estimate of drug-likeness (QED) is 0.624. The molecule has 1 heterocycles. The highest BCUT2D eigenvalue weighted by molar-refractivity contribution is 7.88. The van der Waals surface area contributed by atoms with Crippen LogP contribution in [0.25, 0.3) is 21.8 Å². The molecule has 5 rings (SSSR count). The molecule has 2 aliphatic rings. The summed E-state index contributed by atoms with van der Waals surface area (Å²) in [4.78, 5) is 0. The summed E-state index contributed by atoms with van der Waals surface area (Å²) in [6, 6.07) is 16.4. The molecule has 5 nitrogen and oxygen atoms in total. The number of aliphatic hydroxyl groups is 1. The van der Waals surface area contributed by atoms with E-state index in [1.54, 1.807) is 0 Å². The molecule has 2 bridgehead atoms. The third kappa shape index (κ3) is 3.66. The minimum atomic E-state index is -3.36. The second-order valence-corrected chi connectivity index (χ2v) is 11.3. The van der Waals surface area contributed by atoms with Gasteiger partial charge in [0.1, 0.15) is 0 Å². The Morgan fingerprint density at radius 1 is 1.03 bits per heavy atom. The molecule has 4 atom stereocenters. The molecular formula is C24H30N2O3S. The Bertz CT molecular complexity index is 1120. The molecule has 2 aromatic carbocycles. The third-order valence-corrected chi connectivity index (χ3v) is 8.52. The monoisotopic (exact) mass is 426 g/mol. The zero-order valence-electron chi connectivity index (χ0n) is 17.4. The van der Waals surface area contributed by atoms with E-state index in [-0.39, 0.29) is 6.54 Å². The lowest BCUT2D eigenvalue weighted by atomic mass is 9.89. The number of aromatic nitrogens is 1. The molecule has 0 saturated heterocycles. The number of benzene rings is 2. The largest absolute Gasteiger partial charge is 0.390 e. The van der Waals surface area contributed by atoms with Gasteiger partial charge in [-0.2, -0.15) is 4.31 Å². The van der Waals surface area contributed by atoms with Crippen molar-refractivity contribution in [3.05, 3.63) is 48.5 Å². The van der Waals surface area contributed by atoms with Crippen LogP contribution < -0.4 is 0 Å². The van der Waals surface area contributed by atoms with Gasteiger partial charge in [0.15, 0.2) is 0 Å². The minimum Gasteiger partial charge on any atom is -0.390 e. The van der Waals surface area contributed by atoms with E-state index in [0.717, 1.165) is 34.1 Å². The summed E-state index contributed by atoms with van der Waals surface area (Å²) in [6.45, 7) is 1.06. The fraction of sp³-hybridized carbons (Fsp3) is 0.500. The van der Waals surface area contributed by atoms with Gasteiger partial charge in [-0.25, -0.2) is 8.42 Å². The van der Waals surface area contributed by atoms with E-state index in [1.165, 1.54) is 29.8 Å². The SMILES string of the molecule is CS(=O)(=O)N(CC(O)Cn1c2ccccc2c2ccccc21)CC1CC2CCC1C2. The lowest BCUT2D eigenvalue weighted by Gasteiger charge is -2.30. The number of hydrogen-bond acceptors (Lipinski definition) is 3. The molecule has 0 aliphatic heterocycles. The van der Waals surface area contributed by atoms with Crippen molar-refractivity contribution in [2.24, 2.45) is 17.8 Å². The summed E-state index contributed by atoms with van der Waals surface area (Å²) in [6.07, 6.45) is 5.43. The maximum atomic E-state index is 12.5. The molecule has 3 aromatic rings. The molecule has 0 radical (unpaired) electrons. The number of aliphatic hydroxyl groups excluding tert-OH is 1. The summed E-state index contributed by atoms with van der Waals surface area (Å²) in [5, 5.41) is 13.3. The van der Waals surface area contributed by atoms with Gasteiger partial charge in [-0.15, -0.1) is 0 Å². The zero-order valence-corrected chi connectivity index (χ0v) is 18.3. The van der Waals surface area contributed by atoms with Gasteiger partial charge < -0.3 is 9.67 Å². The fourth-order valence-corrected chi connectivity index (χ4v) is 6.82. The highest BCUT2D eigenvalue weighted by Gasteiger charge is 2.41. The lowest BCUT2D eigenvalue weighted by molar-refractivity contribution is 0.121. The van der Waals surface area contributed by atoms with Crippen LogP contribution in [0.15, 0.2) is 48.5 Å². The standard InChI is InChI=1S/C24H30N2O3S/c1-30(28,29)25(14-19-13-17-10-11-18(19)12-17)15-20(27)16-26-23-8-4-2-6-21(23)22-7-3-5-9-24(22)26/h2-9,17-20,27H,10-16H2,1H3. The first-order valence-electron chi connectivity index (χ1n) is 11.0. The summed E-state index contributed by atoms with van der Waals surface area (Å²) < 4.78 is 28.6. The Hall–Kier alpha value is -1.89. The Morgan fingerprint density at radius 2 is 1.67 bits per heavy atom. The van der Waals surface area contributed by atoms with Gasteiger partial charge in [-0.3, -0.25) is 0 Å². The Kier molecular flexibility index (Phi) is 5.12. The normalized spacial score (nSPS) is 25.0. The van der Waals surface area contributed by atoms with Crippen LogP contribution in [0.5, 0.6) is 0 Å². The van der Waals surface area contributed by atoms with Crippen molar-refractivity contribution in [2.75, 3.05) is 19.3 Å². The van der Waals surface area contributed by atoms with Crippen molar-refractivity contribution in [2.45, 2.75) is 38.3 Å². The maximum absolute atomic E-state index is 12.5. The Balaban J connectivity index is 1.38. The molecule has 0 spiro atoms. The molecular weight excluding hydrogens is 396 g/mol. The van der Waals surface area contributed by atoms with Crippen LogP contribution >= 0.6 is 0 Å². The van der Waals surface area contributed by atoms with E-state index in [1.807, 2.05) is 24.3 Å². The molecule has 1 N–H and O–H groups in total. The van der Waals surface area contributed by atoms with Gasteiger partial charge in [0.05, 0.1) is 18.9 Å². The number of hydrogen-bond donors (Lipinski definition) is 1. The second-order valence-electron chi connectivity index (χ2n) is 9.31. The van der Waals surface area contributed by atoms with Crippen molar-refractivity contribution in [3.8, 4) is 0 Å². The fourth-order valence-electron chi connectivity index (χ4n) is 5.91. The first kappa shape index (κ1) is 20.0. The molecule has 30 heavy (non-hydrogen) atoms. The molecule has 2 aliphatic carbocycles. The average molecular weight is 427 g/mol. The summed E-state index contributed by atoms with van der Waals surface area (Å²) in [7, 11) is -3.36. The molecule has 6 heteroatoms. The van der Waals surface area contributed by atoms with E-state index < -0.39 is 16.1 Å². The molecule has 2 saturated carbocycles. The van der Waals surface area contributed by atoms with Crippen LogP contribution in [-0.2, 0) is 16.6 Å². The molecule has 160 valence electrons. The Morgan fingerprint density at radius 3 is 2.20 bits per heavy atom. The summed E-state index contributed by atoms with van der Waals surface area (Å²) >= 11 is 0. The average Bonchev–Trinajstić information content (AvgIpc) is 3.41. The van der Waals surface area contributed by atoms with Crippen LogP contribution in [0.4, 0.5) is 0 Å². The predicted octanol–water partition coefficient (Wildman–Crippen LogP) is 3.85. The smallest absolute Gasteiger partial charge is 0.211 e. The number of sulfonamides is 1. The van der Waals surface area contributed by atoms with E-state index in [2.05, 4.69) is 28.8 Å². The van der Waals surface area contributed by atoms with E-state index in [4.69, 9.17) is 0 Å². The van der Waals surface area contributed by atoms with Gasteiger partial charge in [-0.1, -0.05) is 42.8 Å². The number of nitrogens with zero attached hydrogens (tertiary/aromatic N) is 2. The van der Waals surface area contributed by atoms with Crippen LogP contribution in [0, 0.1) is 17.8 Å². The van der Waals surface area contributed by atoms with E-state index in [9.17, 15) is 13.5 Å². The van der Waals surface area contributed by atoms with Gasteiger partial charge in [-0.05, 0) is 49.1 Å². The van der Waals surface area contributed by atoms with Crippen LogP contribution in [0.1, 0.15) is 25.7 Å². The van der Waals surface area contributed by atoms with Crippen molar-refractivity contribution in [3.63, 3.8) is 0 Å². The van der Waals surface area contributed by atoms with Crippen LogP contribution in [-0.4, -0.2) is 47.8 Å². The summed E-state index contributed by atoms with van der Waals surface area (Å²) in [5.41, 5.74) is 2.13. The first-order chi connectivity index (χ1) is 14.4. The van der Waals surface area contributed by atoms with Crippen molar-refractivity contribution < 1.29 is 13.5 Å². The number of rotatable bonds is 7. The molecule has 0 amide bonds. The topological polar surface area (TPSA) is 62.5 Å². The molecule has 4 unspecified atom stereocenters. The third-order valence-electron chi connectivity index (χ3n) is 7.28. The predicted molar refractivity (Wildman–Crippen MR) is 121 cm³/mol. The minimum absolute atomic E-state index is 0.146. The van der Waals surface area contributed by atoms with Crippen molar-refractivity contribution >= 4 is 31.8 Å². The number of fused-ring (bicyclic) bond motifs is 5. The van der Waals surface area contributed by atoms with Gasteiger partial charge in [0, 0.05) is 34.9 Å². The van der Waals surface area contributed by atoms with Crippen LogP contribution in [0.3, 0.4) is 0 Å². The van der Waals surface area contributed by atoms with Crippen LogP contribution in [0.2, 0.25) is 0 Å². The summed E-state index contributed by atoms with van der Waals surface area (Å²) in [5.74, 6) is 1.89. The molecule has 1 aromatic heterocycles. The molecule has 2 fully saturated rings. The van der Waals surface area contributed by atoms with Gasteiger partial charge in [0.2, 0.25) is 10.0 Å². The van der Waals surface area contributed by atoms with Gasteiger partial charge >= 0.3 is 0 Å². The zero-order chi connectivity index (χ0) is 20.9. The van der Waals surface area contributed by atoms with Crippen molar-refractivity contribution in [1.82, 2.24) is 8.87 Å². The van der Waals surface area contributed by atoms with E-state index >= 15 is 0 Å². The number of para-hydroxylation sites is 2.